The van der Waals surface area contributed by atoms with Crippen molar-refractivity contribution in [1.82, 2.24) is 55.2 Å². The summed E-state index contributed by atoms with van der Waals surface area (Å²) in [6, 6.07) is 9.20. The number of aliphatic hydroxyl groups excluding tert-OH is 1. The first-order valence-electron chi connectivity index (χ1n) is 29.9. The molecule has 0 radical (unpaired) electrons. The predicted octanol–water partition coefficient (Wildman–Crippen LogP) is 5.49. The van der Waals surface area contributed by atoms with E-state index in [4.69, 9.17) is 28.8 Å². The third-order valence-corrected chi connectivity index (χ3v) is 17.2. The molecule has 3 aromatic heterocycles. The van der Waals surface area contributed by atoms with Crippen molar-refractivity contribution in [2.75, 3.05) is 111 Å². The molecule has 87 heavy (non-hydrogen) atoms. The van der Waals surface area contributed by atoms with E-state index in [0.29, 0.717) is 94.4 Å². The quantitative estimate of drug-likeness (QED) is 0.0500. The van der Waals surface area contributed by atoms with Crippen LogP contribution in [0, 0.1) is 12.3 Å². The zero-order valence-electron chi connectivity index (χ0n) is 50.6. The highest BCUT2D eigenvalue weighted by molar-refractivity contribution is 7.13. The molecule has 9 rings (SSSR count). The number of halogens is 2. The van der Waals surface area contributed by atoms with E-state index in [1.165, 1.54) is 4.90 Å². The standard InChI is InChI=1S/C61H82F2N12O11S/c1-39-54(87-38-66-39)41-11-9-40(10-12-41)31-65-58(79)51-29-45(76)34-74(51)59(80)55(61(2,3)4)68-52(77)36-85-26-24-83-22-20-82-21-23-84-25-27-86-37-53(78)71-17-13-44(14-18-71)75-49-15-19-72(60(81)64-5)35-48(49)57(69-75)73-16-7-8-42-28-46(43-32-67-70(6)33-43)47(56(62)63)30-50(42)73/h9-12,28,30,32-33,38,44-45,51,55-56,76H,7-8,13-27,29,31,34-37H2,1-6H3,(H,64,81)(H,65,79)(H,68,77)/t45-,51+,55-/m1/s1. The number of rotatable bonds is 26. The van der Waals surface area contributed by atoms with Crippen molar-refractivity contribution < 1.29 is 61.5 Å². The highest BCUT2D eigenvalue weighted by Crippen LogP contribution is 2.44. The van der Waals surface area contributed by atoms with Gasteiger partial charge in [0, 0.05) is 100 Å². The molecule has 7 heterocycles. The molecule has 2 saturated heterocycles. The second-order valence-corrected chi connectivity index (χ2v) is 24.3. The summed E-state index contributed by atoms with van der Waals surface area (Å²) < 4.78 is 61.3. The number of nitrogens with one attached hydrogen (secondary N) is 3. The van der Waals surface area contributed by atoms with Crippen LogP contribution < -0.4 is 20.9 Å². The Balaban J connectivity index is 0.631. The number of nitrogens with zero attached hydrogens (tertiary/aromatic N) is 9. The fourth-order valence-electron chi connectivity index (χ4n) is 11.7. The highest BCUT2D eigenvalue weighted by Gasteiger charge is 2.45. The van der Waals surface area contributed by atoms with E-state index >= 15 is 0 Å². The fourth-order valence-corrected chi connectivity index (χ4v) is 12.5. The number of urea groups is 1. The van der Waals surface area contributed by atoms with Gasteiger partial charge < -0.3 is 64.3 Å². The topological polar surface area (TPSA) is 249 Å². The molecule has 6 amide bonds. The van der Waals surface area contributed by atoms with Crippen LogP contribution in [-0.2, 0) is 75.8 Å². The summed E-state index contributed by atoms with van der Waals surface area (Å²) >= 11 is 1.56. The largest absolute Gasteiger partial charge is 0.391 e. The number of ether oxygens (including phenoxy) is 5. The summed E-state index contributed by atoms with van der Waals surface area (Å²) in [6.45, 7) is 11.7. The van der Waals surface area contributed by atoms with E-state index in [1.54, 1.807) is 63.9 Å². The van der Waals surface area contributed by atoms with E-state index in [9.17, 15) is 37.9 Å². The number of piperidine rings is 1. The van der Waals surface area contributed by atoms with Crippen LogP contribution in [0.2, 0.25) is 0 Å². The number of anilines is 2. The summed E-state index contributed by atoms with van der Waals surface area (Å²) in [5.41, 5.74) is 8.56. The maximum absolute atomic E-state index is 14.8. The van der Waals surface area contributed by atoms with Crippen LogP contribution in [0.4, 0.5) is 25.1 Å². The molecule has 0 spiro atoms. The Morgan fingerprint density at radius 1 is 0.851 bits per heavy atom. The van der Waals surface area contributed by atoms with E-state index in [1.807, 2.05) is 62.9 Å². The smallest absolute Gasteiger partial charge is 0.317 e. The van der Waals surface area contributed by atoms with Gasteiger partial charge in [-0.05, 0) is 72.4 Å². The van der Waals surface area contributed by atoms with E-state index in [-0.39, 0.29) is 95.2 Å². The number of aliphatic hydroxyl groups is 1. The molecule has 5 aromatic rings. The van der Waals surface area contributed by atoms with Crippen molar-refractivity contribution in [3.05, 3.63) is 87.9 Å². The lowest BCUT2D eigenvalue weighted by Crippen LogP contribution is -2.58. The van der Waals surface area contributed by atoms with Crippen LogP contribution >= 0.6 is 11.3 Å². The molecule has 0 unspecified atom stereocenters. The highest BCUT2D eigenvalue weighted by atomic mass is 32.1. The van der Waals surface area contributed by atoms with E-state index in [2.05, 4.69) is 30.7 Å². The summed E-state index contributed by atoms with van der Waals surface area (Å²) in [4.78, 5) is 79.0. The summed E-state index contributed by atoms with van der Waals surface area (Å²) in [6.07, 6.45) is 3.25. The van der Waals surface area contributed by atoms with E-state index in [0.717, 1.165) is 51.4 Å². The third kappa shape index (κ3) is 16.2. The first-order chi connectivity index (χ1) is 41.9. The molecule has 4 N–H and O–H groups in total. The first kappa shape index (κ1) is 64.5. The van der Waals surface area contributed by atoms with Crippen LogP contribution in [-0.4, -0.2) is 198 Å². The number of carbonyl (C=O) groups excluding carboxylic acids is 5. The molecule has 2 fully saturated rings. The van der Waals surface area contributed by atoms with Gasteiger partial charge in [-0.1, -0.05) is 45.0 Å². The number of β-amino-alcohol motifs (C(OH)–C–C–N with tert-alkyl or cyclic N) is 1. The maximum atomic E-state index is 14.8. The van der Waals surface area contributed by atoms with Crippen molar-refractivity contribution >= 4 is 52.5 Å². The summed E-state index contributed by atoms with van der Waals surface area (Å²) in [7, 11) is 3.36. The molecule has 3 atom stereocenters. The number of aryl methyl sites for hydroxylation is 3. The number of thiazole rings is 1. The number of hydrogen-bond donors (Lipinski definition) is 4. The van der Waals surface area contributed by atoms with Gasteiger partial charge in [0.25, 0.3) is 6.43 Å². The van der Waals surface area contributed by atoms with Gasteiger partial charge in [0.05, 0.1) is 93.8 Å². The molecule has 4 aliphatic rings. The van der Waals surface area contributed by atoms with Gasteiger partial charge in [-0.2, -0.15) is 10.2 Å². The lowest BCUT2D eigenvalue weighted by Gasteiger charge is -2.35. The lowest BCUT2D eigenvalue weighted by atomic mass is 9.85. The predicted molar refractivity (Wildman–Crippen MR) is 320 cm³/mol. The van der Waals surface area contributed by atoms with Gasteiger partial charge in [-0.25, -0.2) is 18.6 Å². The van der Waals surface area contributed by atoms with Gasteiger partial charge in [0.15, 0.2) is 5.82 Å². The maximum Gasteiger partial charge on any atom is 0.317 e. The SMILES string of the molecule is CNC(=O)N1CCc2c(c(N3CCCc4cc(-c5cnn(C)c5)c(C(F)F)cc43)nn2C2CCN(C(=O)COCCOCCOCCOCCOCC(=O)N[C@H](C(=O)N3C[C@H](O)C[C@H]3C(=O)NCc3ccc(-c4scnc4C)cc3)C(C)(C)C)CC2)C1. The first-order valence-corrected chi connectivity index (χ1v) is 30.8. The van der Waals surface area contributed by atoms with Crippen molar-refractivity contribution in [1.29, 1.82) is 0 Å². The molecule has 4 aliphatic heterocycles. The van der Waals surface area contributed by atoms with Gasteiger partial charge >= 0.3 is 6.03 Å². The third-order valence-electron chi connectivity index (χ3n) is 16.3. The zero-order valence-corrected chi connectivity index (χ0v) is 51.4. The van der Waals surface area contributed by atoms with Crippen LogP contribution in [0.15, 0.2) is 54.3 Å². The average molecular weight is 1230 g/mol. The van der Waals surface area contributed by atoms with Crippen LogP contribution in [0.1, 0.15) is 92.6 Å². The van der Waals surface area contributed by atoms with Crippen molar-refractivity contribution in [2.24, 2.45) is 12.5 Å². The number of benzene rings is 2. The minimum Gasteiger partial charge on any atom is -0.391 e. The number of aromatic nitrogens is 5. The Bertz CT molecular complexity index is 3160. The minimum absolute atomic E-state index is 0.00780. The molecule has 2 aromatic carbocycles. The Morgan fingerprint density at radius 2 is 1.53 bits per heavy atom. The Morgan fingerprint density at radius 3 is 2.15 bits per heavy atom. The molecule has 0 aliphatic carbocycles. The Hall–Kier alpha value is -6.94. The Kier molecular flexibility index (Phi) is 22.1. The van der Waals surface area contributed by atoms with E-state index < -0.39 is 41.8 Å². The molecular formula is C61H82F2N12O11S. The van der Waals surface area contributed by atoms with Crippen LogP contribution in [0.5, 0.6) is 0 Å². The molecule has 0 saturated carbocycles. The molecule has 472 valence electrons. The lowest BCUT2D eigenvalue weighted by molar-refractivity contribution is -0.144. The Labute approximate surface area is 509 Å². The van der Waals surface area contributed by atoms with Crippen molar-refractivity contribution in [2.45, 2.75) is 110 Å². The van der Waals surface area contributed by atoms with Gasteiger partial charge in [-0.3, -0.25) is 28.5 Å². The molecule has 23 nitrogen and oxygen atoms in total. The number of fused-ring (bicyclic) bond motifs is 2. The number of hydrogen-bond acceptors (Lipinski definition) is 16. The summed E-state index contributed by atoms with van der Waals surface area (Å²) in [5, 5.41) is 28.5. The number of amides is 6. The average Bonchev–Trinajstić information content (AvgIpc) is 1.73. The van der Waals surface area contributed by atoms with Gasteiger partial charge in [-0.15, -0.1) is 11.3 Å². The molecule has 0 bridgehead atoms. The fraction of sp³-hybridized carbons (Fsp3) is 0.574. The molecule has 26 heteroatoms. The van der Waals surface area contributed by atoms with Gasteiger partial charge in [0.2, 0.25) is 23.6 Å². The second kappa shape index (κ2) is 29.8. The number of carbonyl (C=O) groups is 5. The normalized spacial score (nSPS) is 17.6. The number of alkyl halides is 2. The van der Waals surface area contributed by atoms with Crippen molar-refractivity contribution in [3.8, 4) is 21.6 Å². The minimum atomic E-state index is -2.71. The number of likely N-dealkylation sites (tertiary alicyclic amines) is 2. The zero-order chi connectivity index (χ0) is 61.8. The van der Waals surface area contributed by atoms with Crippen LogP contribution in [0.25, 0.3) is 21.6 Å². The van der Waals surface area contributed by atoms with Crippen molar-refractivity contribution in [3.63, 3.8) is 0 Å². The second-order valence-electron chi connectivity index (χ2n) is 23.4. The molecular weight excluding hydrogens is 1150 g/mol. The van der Waals surface area contributed by atoms with Gasteiger partial charge in [0.1, 0.15) is 25.3 Å². The monoisotopic (exact) mass is 1230 g/mol. The summed E-state index contributed by atoms with van der Waals surface area (Å²) in [5.74, 6) is -0.800. The van der Waals surface area contributed by atoms with Crippen LogP contribution in [0.3, 0.4) is 0 Å².